The highest BCUT2D eigenvalue weighted by Gasteiger charge is 2.43. The summed E-state index contributed by atoms with van der Waals surface area (Å²) in [4.78, 5) is 31.6. The maximum atomic E-state index is 13.1. The second-order valence-corrected chi connectivity index (χ2v) is 7.87. The quantitative estimate of drug-likeness (QED) is 0.646. The number of ether oxygens (including phenoxy) is 1. The molecule has 4 rings (SSSR count). The van der Waals surface area contributed by atoms with Crippen molar-refractivity contribution in [2.24, 2.45) is 0 Å². The number of rotatable bonds is 7. The number of hydrogen-bond acceptors (Lipinski definition) is 5. The van der Waals surface area contributed by atoms with Crippen molar-refractivity contribution in [3.63, 3.8) is 0 Å². The van der Waals surface area contributed by atoms with E-state index in [4.69, 9.17) is 4.74 Å². The fourth-order valence-electron chi connectivity index (χ4n) is 4.21. The van der Waals surface area contributed by atoms with E-state index >= 15 is 0 Å². The Hall–Kier alpha value is -2.96. The molecule has 2 aromatic carbocycles. The lowest BCUT2D eigenvalue weighted by Gasteiger charge is -2.36. The Morgan fingerprint density at radius 2 is 1.77 bits per heavy atom. The first-order valence-corrected chi connectivity index (χ1v) is 10.9. The van der Waals surface area contributed by atoms with Gasteiger partial charge in [-0.25, -0.2) is 4.90 Å². The largest absolute Gasteiger partial charge is 0.494 e. The molecule has 0 bridgehead atoms. The summed E-state index contributed by atoms with van der Waals surface area (Å²) < 4.78 is 5.52. The van der Waals surface area contributed by atoms with Gasteiger partial charge in [0.15, 0.2) is 0 Å². The molecule has 2 heterocycles. The fraction of sp³-hybridized carbons (Fsp3) is 0.360. The molecule has 1 unspecified atom stereocenters. The van der Waals surface area contributed by atoms with Crippen molar-refractivity contribution in [2.45, 2.75) is 19.4 Å². The van der Waals surface area contributed by atoms with Crippen molar-refractivity contribution in [3.05, 3.63) is 66.2 Å². The second kappa shape index (κ2) is 9.90. The van der Waals surface area contributed by atoms with Crippen LogP contribution in [-0.4, -0.2) is 67.0 Å². The standard InChI is InChI=1S/C25H29N3O3/c1-2-31-22-12-6-11-21(18-22)28-24(29)19-23(25(28)30)27-16-14-26(15-17-27)13-7-10-20-8-4-3-5-9-20/h3-12,18,23H,2,13-17,19H2,1H3. The van der Waals surface area contributed by atoms with Gasteiger partial charge in [-0.05, 0) is 24.6 Å². The first-order chi connectivity index (χ1) is 15.2. The lowest BCUT2D eigenvalue weighted by Crippen LogP contribution is -2.52. The smallest absolute Gasteiger partial charge is 0.251 e. The molecule has 0 saturated carbocycles. The molecule has 1 atom stereocenters. The van der Waals surface area contributed by atoms with Crippen LogP contribution in [0, 0.1) is 0 Å². The topological polar surface area (TPSA) is 53.1 Å². The van der Waals surface area contributed by atoms with Crippen LogP contribution in [0.2, 0.25) is 0 Å². The zero-order valence-electron chi connectivity index (χ0n) is 17.9. The number of imide groups is 1. The van der Waals surface area contributed by atoms with Crippen molar-refractivity contribution >= 4 is 23.6 Å². The predicted molar refractivity (Wildman–Crippen MR) is 122 cm³/mol. The molecule has 162 valence electrons. The second-order valence-electron chi connectivity index (χ2n) is 7.87. The highest BCUT2D eigenvalue weighted by molar-refractivity contribution is 6.22. The minimum Gasteiger partial charge on any atom is -0.494 e. The van der Waals surface area contributed by atoms with Crippen LogP contribution in [0.5, 0.6) is 5.75 Å². The van der Waals surface area contributed by atoms with Crippen LogP contribution in [0.1, 0.15) is 18.9 Å². The van der Waals surface area contributed by atoms with E-state index in [0.717, 1.165) is 32.7 Å². The van der Waals surface area contributed by atoms with E-state index in [1.54, 1.807) is 12.1 Å². The van der Waals surface area contributed by atoms with Crippen molar-refractivity contribution in [1.82, 2.24) is 9.80 Å². The molecular weight excluding hydrogens is 390 g/mol. The first-order valence-electron chi connectivity index (χ1n) is 10.9. The van der Waals surface area contributed by atoms with Gasteiger partial charge in [0.2, 0.25) is 5.91 Å². The van der Waals surface area contributed by atoms with E-state index in [-0.39, 0.29) is 24.3 Å². The monoisotopic (exact) mass is 419 g/mol. The Morgan fingerprint density at radius 1 is 1.00 bits per heavy atom. The maximum absolute atomic E-state index is 13.1. The molecule has 6 nitrogen and oxygen atoms in total. The highest BCUT2D eigenvalue weighted by Crippen LogP contribution is 2.29. The number of anilines is 1. The minimum absolute atomic E-state index is 0.129. The first kappa shape index (κ1) is 21.3. The Labute approximate surface area is 183 Å². The summed E-state index contributed by atoms with van der Waals surface area (Å²) in [5, 5.41) is 0. The zero-order chi connectivity index (χ0) is 21.6. The van der Waals surface area contributed by atoms with Crippen LogP contribution >= 0.6 is 0 Å². The zero-order valence-corrected chi connectivity index (χ0v) is 17.9. The van der Waals surface area contributed by atoms with Gasteiger partial charge >= 0.3 is 0 Å². The van der Waals surface area contributed by atoms with Gasteiger partial charge in [-0.15, -0.1) is 0 Å². The highest BCUT2D eigenvalue weighted by atomic mass is 16.5. The lowest BCUT2D eigenvalue weighted by atomic mass is 10.1. The summed E-state index contributed by atoms with van der Waals surface area (Å²) in [5.74, 6) is 0.397. The minimum atomic E-state index is -0.370. The number of nitrogens with zero attached hydrogens (tertiary/aromatic N) is 3. The van der Waals surface area contributed by atoms with Crippen molar-refractivity contribution in [1.29, 1.82) is 0 Å². The Bertz CT molecular complexity index is 936. The summed E-state index contributed by atoms with van der Waals surface area (Å²) in [6, 6.07) is 17.1. The molecular formula is C25H29N3O3. The molecule has 0 radical (unpaired) electrons. The molecule has 0 spiro atoms. The van der Waals surface area contributed by atoms with Crippen LogP contribution in [0.4, 0.5) is 5.69 Å². The van der Waals surface area contributed by atoms with Gasteiger partial charge in [0.25, 0.3) is 5.91 Å². The Morgan fingerprint density at radius 3 is 2.52 bits per heavy atom. The van der Waals surface area contributed by atoms with Crippen molar-refractivity contribution in [3.8, 4) is 5.75 Å². The van der Waals surface area contributed by atoms with Gasteiger partial charge in [0.1, 0.15) is 5.75 Å². The van der Waals surface area contributed by atoms with E-state index in [2.05, 4.69) is 34.1 Å². The molecule has 2 aromatic rings. The molecule has 0 aliphatic carbocycles. The number of piperazine rings is 1. The summed E-state index contributed by atoms with van der Waals surface area (Å²) in [7, 11) is 0. The fourth-order valence-corrected chi connectivity index (χ4v) is 4.21. The number of carbonyl (C=O) groups excluding carboxylic acids is 2. The number of hydrogen-bond donors (Lipinski definition) is 0. The van der Waals surface area contributed by atoms with E-state index in [0.29, 0.717) is 18.0 Å². The molecule has 31 heavy (non-hydrogen) atoms. The van der Waals surface area contributed by atoms with Gasteiger partial charge in [-0.1, -0.05) is 48.6 Å². The van der Waals surface area contributed by atoms with Gasteiger partial charge in [-0.2, -0.15) is 0 Å². The molecule has 2 fully saturated rings. The maximum Gasteiger partial charge on any atom is 0.251 e. The van der Waals surface area contributed by atoms with Crippen LogP contribution in [0.3, 0.4) is 0 Å². The van der Waals surface area contributed by atoms with Crippen LogP contribution < -0.4 is 9.64 Å². The molecule has 2 aliphatic rings. The summed E-state index contributed by atoms with van der Waals surface area (Å²) >= 11 is 0. The third-order valence-corrected chi connectivity index (χ3v) is 5.83. The van der Waals surface area contributed by atoms with E-state index in [9.17, 15) is 9.59 Å². The number of benzene rings is 2. The average molecular weight is 420 g/mol. The predicted octanol–water partition coefficient (Wildman–Crippen LogP) is 3.05. The Kier molecular flexibility index (Phi) is 6.79. The summed E-state index contributed by atoms with van der Waals surface area (Å²) in [5.41, 5.74) is 1.79. The number of amides is 2. The molecule has 0 aromatic heterocycles. The average Bonchev–Trinajstić information content (AvgIpc) is 3.09. The SMILES string of the molecule is CCOc1cccc(N2C(=O)CC(N3CCN(CC=Cc4ccccc4)CC3)C2=O)c1. The van der Waals surface area contributed by atoms with Gasteiger partial charge < -0.3 is 4.74 Å². The third kappa shape index (κ3) is 5.03. The van der Waals surface area contributed by atoms with Crippen LogP contribution in [-0.2, 0) is 9.59 Å². The van der Waals surface area contributed by atoms with Gasteiger partial charge in [0.05, 0.1) is 24.8 Å². The molecule has 2 saturated heterocycles. The van der Waals surface area contributed by atoms with Gasteiger partial charge in [-0.3, -0.25) is 19.4 Å². The van der Waals surface area contributed by atoms with Crippen LogP contribution in [0.25, 0.3) is 6.08 Å². The summed E-state index contributed by atoms with van der Waals surface area (Å²) in [6.07, 6.45) is 4.56. The third-order valence-electron chi connectivity index (χ3n) is 5.83. The lowest BCUT2D eigenvalue weighted by molar-refractivity contribution is -0.123. The van der Waals surface area contributed by atoms with E-state index in [1.165, 1.54) is 10.5 Å². The molecule has 2 aliphatic heterocycles. The molecule has 0 N–H and O–H groups in total. The van der Waals surface area contributed by atoms with Crippen molar-refractivity contribution in [2.75, 3.05) is 44.2 Å². The van der Waals surface area contributed by atoms with E-state index < -0.39 is 0 Å². The summed E-state index contributed by atoms with van der Waals surface area (Å²) in [6.45, 7) is 6.68. The molecule has 2 amide bonds. The molecule has 6 heteroatoms. The number of carbonyl (C=O) groups is 2. The normalized spacial score (nSPS) is 20.7. The van der Waals surface area contributed by atoms with Crippen molar-refractivity contribution < 1.29 is 14.3 Å². The van der Waals surface area contributed by atoms with Gasteiger partial charge in [0, 0.05) is 38.8 Å². The van der Waals surface area contributed by atoms with E-state index in [1.807, 2.05) is 37.3 Å². The van der Waals surface area contributed by atoms with Crippen LogP contribution in [0.15, 0.2) is 60.7 Å². The Balaban J connectivity index is 1.33.